The van der Waals surface area contributed by atoms with Crippen molar-refractivity contribution < 1.29 is 19.1 Å². The topological polar surface area (TPSA) is 55.8 Å². The third-order valence-electron chi connectivity index (χ3n) is 6.97. The highest BCUT2D eigenvalue weighted by Gasteiger charge is 2.46. The Kier molecular flexibility index (Phi) is 9.51. The van der Waals surface area contributed by atoms with E-state index in [0.717, 1.165) is 29.5 Å². The monoisotopic (exact) mass is 489 g/mol. The minimum absolute atomic E-state index is 0.199. The van der Waals surface area contributed by atoms with E-state index in [-0.39, 0.29) is 19.3 Å². The molecule has 2 aromatic rings. The number of likely N-dealkylation sites (N-methyl/N-ethyl adjacent to an activating group) is 1. The summed E-state index contributed by atoms with van der Waals surface area (Å²) in [6.07, 6.45) is 4.71. The summed E-state index contributed by atoms with van der Waals surface area (Å²) >= 11 is 0. The maximum absolute atomic E-state index is 13.5. The normalized spacial score (nSPS) is 17.3. The second-order valence-electron chi connectivity index (χ2n) is 9.00. The Bertz CT molecular complexity index is 1050. The molecule has 1 atom stereocenters. The van der Waals surface area contributed by atoms with Crippen LogP contribution in [0.4, 0.5) is 0 Å². The van der Waals surface area contributed by atoms with Crippen LogP contribution in [0.25, 0.3) is 0 Å². The number of benzene rings is 2. The summed E-state index contributed by atoms with van der Waals surface area (Å²) < 4.78 is 11.1. The maximum Gasteiger partial charge on any atom is 0.355 e. The predicted octanol–water partition coefficient (Wildman–Crippen LogP) is 6.19. The van der Waals surface area contributed by atoms with Crippen LogP contribution in [0.5, 0.6) is 0 Å². The summed E-state index contributed by atoms with van der Waals surface area (Å²) in [4.78, 5) is 29.1. The zero-order chi connectivity index (χ0) is 26.1. The van der Waals surface area contributed by atoms with Crippen LogP contribution in [0.3, 0.4) is 0 Å². The molecule has 0 aromatic heterocycles. The van der Waals surface area contributed by atoms with Crippen LogP contribution in [0, 0.1) is 0 Å². The van der Waals surface area contributed by atoms with Gasteiger partial charge in [-0.05, 0) is 57.2 Å². The van der Waals surface area contributed by atoms with E-state index >= 15 is 0 Å². The molecule has 5 heteroatoms. The van der Waals surface area contributed by atoms with Crippen molar-refractivity contribution in [1.29, 1.82) is 0 Å². The average molecular weight is 490 g/mol. The molecule has 0 saturated heterocycles. The Morgan fingerprint density at radius 2 is 1.36 bits per heavy atom. The molecule has 192 valence electrons. The molecule has 0 saturated carbocycles. The summed E-state index contributed by atoms with van der Waals surface area (Å²) in [6.45, 7) is 10.8. The summed E-state index contributed by atoms with van der Waals surface area (Å²) in [6, 6.07) is 20.5. The highest BCUT2D eigenvalue weighted by Crippen LogP contribution is 2.46. The lowest BCUT2D eigenvalue weighted by molar-refractivity contribution is -0.143. The van der Waals surface area contributed by atoms with E-state index < -0.39 is 17.4 Å². The molecule has 0 N–H and O–H groups in total. The summed E-state index contributed by atoms with van der Waals surface area (Å²) in [5.41, 5.74) is 3.03. The summed E-state index contributed by atoms with van der Waals surface area (Å²) in [5, 5.41) is 0. The Labute approximate surface area is 215 Å². The fraction of sp³-hybridized carbons (Fsp3) is 0.419. The lowest BCUT2D eigenvalue weighted by atomic mass is 9.68. The molecule has 2 aromatic carbocycles. The lowest BCUT2D eigenvalue weighted by Gasteiger charge is -2.44. The minimum Gasteiger partial charge on any atom is -0.462 e. The molecule has 1 aliphatic heterocycles. The Hall–Kier alpha value is -3.34. The SMILES string of the molecule is CCCCC1=CC(c2ccccc2)(c2ccccc2)C(C)N(CC)C(C(=O)OCC)=C1C(=O)OCC. The highest BCUT2D eigenvalue weighted by atomic mass is 16.5. The minimum atomic E-state index is -0.617. The van der Waals surface area contributed by atoms with Gasteiger partial charge < -0.3 is 14.4 Å². The van der Waals surface area contributed by atoms with Crippen LogP contribution in [0.2, 0.25) is 0 Å². The second-order valence-corrected chi connectivity index (χ2v) is 9.00. The molecule has 5 nitrogen and oxygen atoms in total. The van der Waals surface area contributed by atoms with Crippen LogP contribution >= 0.6 is 0 Å². The Morgan fingerprint density at radius 1 is 0.833 bits per heavy atom. The van der Waals surface area contributed by atoms with Crippen molar-refractivity contribution in [2.75, 3.05) is 19.8 Å². The van der Waals surface area contributed by atoms with Gasteiger partial charge in [-0.2, -0.15) is 0 Å². The number of carbonyl (C=O) groups is 2. The average Bonchev–Trinajstić information content (AvgIpc) is 3.01. The third-order valence-corrected chi connectivity index (χ3v) is 6.97. The number of nitrogens with zero attached hydrogens (tertiary/aromatic N) is 1. The van der Waals surface area contributed by atoms with Gasteiger partial charge in [0.1, 0.15) is 5.70 Å². The largest absolute Gasteiger partial charge is 0.462 e. The quantitative estimate of drug-likeness (QED) is 0.372. The molecule has 1 aliphatic rings. The van der Waals surface area contributed by atoms with Gasteiger partial charge in [-0.15, -0.1) is 0 Å². The van der Waals surface area contributed by atoms with Crippen molar-refractivity contribution in [1.82, 2.24) is 4.90 Å². The van der Waals surface area contributed by atoms with Gasteiger partial charge in [0.2, 0.25) is 0 Å². The lowest BCUT2D eigenvalue weighted by Crippen LogP contribution is -2.49. The number of hydrogen-bond acceptors (Lipinski definition) is 5. The van der Waals surface area contributed by atoms with E-state index in [1.54, 1.807) is 13.8 Å². The first-order chi connectivity index (χ1) is 17.5. The molecule has 0 spiro atoms. The molecule has 0 amide bonds. The summed E-state index contributed by atoms with van der Waals surface area (Å²) in [7, 11) is 0. The van der Waals surface area contributed by atoms with Crippen molar-refractivity contribution in [3.63, 3.8) is 0 Å². The fourth-order valence-electron chi connectivity index (χ4n) is 5.29. The van der Waals surface area contributed by atoms with Gasteiger partial charge >= 0.3 is 11.9 Å². The molecule has 0 aliphatic carbocycles. The van der Waals surface area contributed by atoms with Crippen molar-refractivity contribution in [2.24, 2.45) is 0 Å². The van der Waals surface area contributed by atoms with E-state index in [1.807, 2.05) is 48.2 Å². The number of ether oxygens (including phenoxy) is 2. The van der Waals surface area contributed by atoms with E-state index in [4.69, 9.17) is 9.47 Å². The third kappa shape index (κ3) is 5.25. The number of carbonyl (C=O) groups excluding carboxylic acids is 2. The Morgan fingerprint density at radius 3 is 1.83 bits per heavy atom. The molecule has 0 radical (unpaired) electrons. The predicted molar refractivity (Wildman–Crippen MR) is 143 cm³/mol. The zero-order valence-corrected chi connectivity index (χ0v) is 22.3. The number of esters is 2. The van der Waals surface area contributed by atoms with Crippen LogP contribution in [0.15, 0.2) is 83.6 Å². The molecule has 1 heterocycles. The van der Waals surface area contributed by atoms with Gasteiger partial charge in [-0.1, -0.05) is 80.1 Å². The van der Waals surface area contributed by atoms with Crippen LogP contribution in [-0.2, 0) is 24.5 Å². The smallest absolute Gasteiger partial charge is 0.355 e. The number of hydrogen-bond donors (Lipinski definition) is 0. The van der Waals surface area contributed by atoms with Gasteiger partial charge in [0.25, 0.3) is 0 Å². The van der Waals surface area contributed by atoms with Crippen molar-refractivity contribution >= 4 is 11.9 Å². The molecule has 1 unspecified atom stereocenters. The molecular formula is C31H39NO4. The Balaban J connectivity index is 2.46. The zero-order valence-electron chi connectivity index (χ0n) is 22.3. The van der Waals surface area contributed by atoms with Crippen molar-refractivity contribution in [3.05, 3.63) is 94.7 Å². The first kappa shape index (κ1) is 27.3. The van der Waals surface area contributed by atoms with Crippen molar-refractivity contribution in [3.8, 4) is 0 Å². The van der Waals surface area contributed by atoms with Gasteiger partial charge in [0, 0.05) is 12.6 Å². The van der Waals surface area contributed by atoms with Gasteiger partial charge in [-0.25, -0.2) is 9.59 Å². The van der Waals surface area contributed by atoms with E-state index in [9.17, 15) is 9.59 Å². The van der Waals surface area contributed by atoms with Gasteiger partial charge in [0.05, 0.1) is 24.2 Å². The van der Waals surface area contributed by atoms with Crippen molar-refractivity contribution in [2.45, 2.75) is 65.3 Å². The molecule has 3 rings (SSSR count). The molecular weight excluding hydrogens is 450 g/mol. The molecule has 0 fully saturated rings. The molecule has 36 heavy (non-hydrogen) atoms. The first-order valence-corrected chi connectivity index (χ1v) is 13.1. The molecule has 0 bridgehead atoms. The van der Waals surface area contributed by atoms with Crippen LogP contribution < -0.4 is 0 Å². The van der Waals surface area contributed by atoms with Crippen LogP contribution in [0.1, 0.15) is 65.0 Å². The van der Waals surface area contributed by atoms with E-state index in [0.29, 0.717) is 24.2 Å². The number of rotatable bonds is 10. The van der Waals surface area contributed by atoms with E-state index in [2.05, 4.69) is 44.2 Å². The van der Waals surface area contributed by atoms with E-state index in [1.165, 1.54) is 0 Å². The standard InChI is InChI=1S/C31H39NO4/c1-6-10-17-24-22-31(25-18-13-11-14-19-25,26-20-15-12-16-21-26)23(5)32(7-2)28(30(34)36-9-4)27(24)29(33)35-8-3/h11-16,18-23H,6-10,17H2,1-5H3. The first-order valence-electron chi connectivity index (χ1n) is 13.1. The highest BCUT2D eigenvalue weighted by molar-refractivity contribution is 6.03. The summed E-state index contributed by atoms with van der Waals surface area (Å²) in [5.74, 6) is -0.973. The number of unbranched alkanes of at least 4 members (excludes halogenated alkanes) is 1. The van der Waals surface area contributed by atoms with Crippen LogP contribution in [-0.4, -0.2) is 42.6 Å². The van der Waals surface area contributed by atoms with Gasteiger partial charge in [-0.3, -0.25) is 0 Å². The van der Waals surface area contributed by atoms with Gasteiger partial charge in [0.15, 0.2) is 0 Å². The fourth-order valence-corrected chi connectivity index (χ4v) is 5.29. The second kappa shape index (κ2) is 12.6. The maximum atomic E-state index is 13.5.